The molecule has 42 heavy (non-hydrogen) atoms. The number of phenolic OH excluding ortho intramolecular Hbond substituents is 1. The minimum atomic E-state index is -2.76. The van der Waals surface area contributed by atoms with Crippen molar-refractivity contribution in [2.45, 2.75) is 62.1 Å². The molecule has 0 saturated heterocycles. The lowest BCUT2D eigenvalue weighted by Crippen LogP contribution is -2.74. The quantitative estimate of drug-likeness (QED) is 0.280. The maximum atomic E-state index is 14.1. The second-order valence-electron chi connectivity index (χ2n) is 12.8. The molecule has 1 amide bonds. The zero-order chi connectivity index (χ0) is 30.9. The number of carbonyl (C=O) groups is 5. The first kappa shape index (κ1) is 29.9. The van der Waals surface area contributed by atoms with E-state index in [2.05, 4.69) is 11.8 Å². The Morgan fingerprint density at radius 3 is 2.26 bits per heavy atom. The number of aromatic hydroxyl groups is 1. The number of fused-ring (bicyclic) bond motifs is 3. The number of benzene rings is 1. The first-order valence-electron chi connectivity index (χ1n) is 14.4. The Kier molecular flexibility index (Phi) is 7.33. The number of nitrogens with zero attached hydrogens (tertiary/aromatic N) is 2. The third-order valence-corrected chi connectivity index (χ3v) is 9.71. The van der Waals surface area contributed by atoms with Crippen molar-refractivity contribution in [1.82, 2.24) is 4.90 Å². The fraction of sp³-hybridized carbons (Fsp3) is 0.581. The van der Waals surface area contributed by atoms with Crippen LogP contribution in [0.2, 0.25) is 0 Å². The van der Waals surface area contributed by atoms with E-state index in [9.17, 15) is 34.2 Å². The molecular weight excluding hydrogens is 540 g/mol. The predicted octanol–water partition coefficient (Wildman–Crippen LogP) is -0.0539. The second-order valence-corrected chi connectivity index (χ2v) is 12.8. The molecule has 3 saturated carbocycles. The number of primary amides is 1. The van der Waals surface area contributed by atoms with Gasteiger partial charge in [0.25, 0.3) is 0 Å². The number of anilines is 1. The Bertz CT molecular complexity index is 1470. The summed E-state index contributed by atoms with van der Waals surface area (Å²) in [6.45, 7) is 0. The van der Waals surface area contributed by atoms with E-state index in [1.54, 1.807) is 39.2 Å². The molecule has 0 aromatic heterocycles. The van der Waals surface area contributed by atoms with Gasteiger partial charge in [-0.15, -0.1) is 0 Å². The number of likely N-dealkylation sites (N-methyl/N-ethyl adjacent to an activating group) is 1. The third-order valence-electron chi connectivity index (χ3n) is 9.71. The van der Waals surface area contributed by atoms with Gasteiger partial charge in [-0.2, -0.15) is 0 Å². The average molecular weight is 579 g/mol. The lowest BCUT2D eigenvalue weighted by Gasteiger charge is -2.52. The maximum Gasteiger partial charge on any atom is 0.235 e. The molecule has 0 radical (unpaired) electrons. The number of carbonyl (C=O) groups excluding carboxylic acids is 5. The highest BCUT2D eigenvalue weighted by Crippen LogP contribution is 2.52. The van der Waals surface area contributed by atoms with Crippen LogP contribution in [-0.4, -0.2) is 89.5 Å². The van der Waals surface area contributed by atoms with Crippen molar-refractivity contribution >= 4 is 34.7 Å². The SMILES string of the molecule is CN(C)c1cc(C#CC2(N)CCCCC2)c(O)c2c1C[C@@H]1C[C@@H]3[C@@H](N(C)C)C(=O)C(C(N)=O)C(=O)[C@]3(O)C(=O)C1C2=O. The largest absolute Gasteiger partial charge is 0.506 e. The van der Waals surface area contributed by atoms with Crippen LogP contribution in [0.15, 0.2) is 6.07 Å². The van der Waals surface area contributed by atoms with Crippen LogP contribution in [0, 0.1) is 35.5 Å². The predicted molar refractivity (Wildman–Crippen MR) is 153 cm³/mol. The topological polar surface area (TPSA) is 184 Å². The molecule has 1 aromatic rings. The van der Waals surface area contributed by atoms with E-state index in [4.69, 9.17) is 11.5 Å². The molecule has 1 aromatic carbocycles. The summed E-state index contributed by atoms with van der Waals surface area (Å²) < 4.78 is 0. The highest BCUT2D eigenvalue weighted by atomic mass is 16.3. The van der Waals surface area contributed by atoms with Crippen LogP contribution < -0.4 is 16.4 Å². The molecule has 224 valence electrons. The normalized spacial score (nSPS) is 31.9. The van der Waals surface area contributed by atoms with Gasteiger partial charge in [-0.25, -0.2) is 0 Å². The summed E-state index contributed by atoms with van der Waals surface area (Å²) in [5.74, 6) is -4.71. The van der Waals surface area contributed by atoms with E-state index in [1.807, 2.05) is 0 Å². The number of Topliss-reactive ketones (excluding diaryl/α,β-unsaturated/α-hetero) is 4. The van der Waals surface area contributed by atoms with Crippen LogP contribution in [0.1, 0.15) is 60.0 Å². The summed E-state index contributed by atoms with van der Waals surface area (Å²) in [4.78, 5) is 70.3. The molecule has 0 spiro atoms. The van der Waals surface area contributed by atoms with Crippen molar-refractivity contribution in [2.24, 2.45) is 35.1 Å². The van der Waals surface area contributed by atoms with E-state index < -0.39 is 69.9 Å². The minimum absolute atomic E-state index is 0.00518. The number of nitrogens with two attached hydrogens (primary N) is 2. The monoisotopic (exact) mass is 578 g/mol. The van der Waals surface area contributed by atoms with Gasteiger partial charge in [-0.1, -0.05) is 31.1 Å². The number of hydrogen-bond donors (Lipinski definition) is 4. The van der Waals surface area contributed by atoms with E-state index in [0.717, 1.165) is 32.1 Å². The molecule has 4 aliphatic rings. The fourth-order valence-corrected chi connectivity index (χ4v) is 7.65. The van der Waals surface area contributed by atoms with Gasteiger partial charge in [-0.3, -0.25) is 28.9 Å². The Morgan fingerprint density at radius 1 is 1.05 bits per heavy atom. The summed E-state index contributed by atoms with van der Waals surface area (Å²) in [6.07, 6.45) is 4.61. The molecular formula is C31H38N4O7. The van der Waals surface area contributed by atoms with E-state index in [0.29, 0.717) is 11.3 Å². The molecule has 2 unspecified atom stereocenters. The Labute approximate surface area is 244 Å². The number of hydrogen-bond acceptors (Lipinski definition) is 10. The number of amides is 1. The van der Waals surface area contributed by atoms with Gasteiger partial charge in [0.15, 0.2) is 34.7 Å². The second kappa shape index (κ2) is 10.3. The van der Waals surface area contributed by atoms with Crippen LogP contribution in [-0.2, 0) is 25.6 Å². The van der Waals surface area contributed by atoms with Crippen molar-refractivity contribution in [3.63, 3.8) is 0 Å². The molecule has 0 aliphatic heterocycles. The number of phenols is 1. The van der Waals surface area contributed by atoms with Gasteiger partial charge in [-0.05, 0) is 57.3 Å². The molecule has 5 rings (SSSR count). The lowest BCUT2D eigenvalue weighted by atomic mass is 9.52. The smallest absolute Gasteiger partial charge is 0.235 e. The Hall–Kier alpha value is -3.59. The van der Waals surface area contributed by atoms with Crippen molar-refractivity contribution in [2.75, 3.05) is 33.1 Å². The van der Waals surface area contributed by atoms with Gasteiger partial charge in [0.05, 0.1) is 28.6 Å². The van der Waals surface area contributed by atoms with Crippen LogP contribution in [0.5, 0.6) is 5.75 Å². The summed E-state index contributed by atoms with van der Waals surface area (Å²) in [7, 11) is 6.69. The highest BCUT2D eigenvalue weighted by molar-refractivity contribution is 6.32. The van der Waals surface area contributed by atoms with Crippen molar-refractivity contribution < 1.29 is 34.2 Å². The Morgan fingerprint density at radius 2 is 1.69 bits per heavy atom. The van der Waals surface area contributed by atoms with E-state index in [-0.39, 0.29) is 29.7 Å². The number of rotatable bonds is 3. The molecule has 3 fully saturated rings. The summed E-state index contributed by atoms with van der Waals surface area (Å²) in [6, 6.07) is 0.560. The summed E-state index contributed by atoms with van der Waals surface area (Å²) >= 11 is 0. The molecule has 11 nitrogen and oxygen atoms in total. The first-order chi connectivity index (χ1) is 19.6. The van der Waals surface area contributed by atoms with Gasteiger partial charge in [0.1, 0.15) is 5.75 Å². The van der Waals surface area contributed by atoms with Crippen molar-refractivity contribution in [1.29, 1.82) is 0 Å². The van der Waals surface area contributed by atoms with Crippen LogP contribution >= 0.6 is 0 Å². The molecule has 6 atom stereocenters. The van der Waals surface area contributed by atoms with Gasteiger partial charge in [0.2, 0.25) is 5.91 Å². The number of aliphatic hydroxyl groups is 1. The zero-order valence-electron chi connectivity index (χ0n) is 24.4. The molecule has 11 heteroatoms. The fourth-order valence-electron chi connectivity index (χ4n) is 7.65. The van der Waals surface area contributed by atoms with E-state index >= 15 is 0 Å². The van der Waals surface area contributed by atoms with Gasteiger partial charge < -0.3 is 26.6 Å². The summed E-state index contributed by atoms with van der Waals surface area (Å²) in [5, 5.41) is 23.1. The molecule has 0 bridgehead atoms. The maximum absolute atomic E-state index is 14.1. The van der Waals surface area contributed by atoms with Crippen molar-refractivity contribution in [3.05, 3.63) is 22.8 Å². The van der Waals surface area contributed by atoms with Gasteiger partial charge >= 0.3 is 0 Å². The average Bonchev–Trinajstić information content (AvgIpc) is 2.90. The highest BCUT2D eigenvalue weighted by Gasteiger charge is 2.69. The third kappa shape index (κ3) is 4.35. The molecule has 6 N–H and O–H groups in total. The van der Waals surface area contributed by atoms with Gasteiger partial charge in [0, 0.05) is 25.7 Å². The zero-order valence-corrected chi connectivity index (χ0v) is 24.4. The minimum Gasteiger partial charge on any atom is -0.506 e. The molecule has 0 heterocycles. The Balaban J connectivity index is 1.63. The summed E-state index contributed by atoms with van der Waals surface area (Å²) in [5.41, 5.74) is 9.69. The lowest BCUT2D eigenvalue weighted by molar-refractivity contribution is -0.181. The first-order valence-corrected chi connectivity index (χ1v) is 14.4. The van der Waals surface area contributed by atoms with E-state index in [1.165, 1.54) is 4.90 Å². The number of ketones is 4. The van der Waals surface area contributed by atoms with Crippen molar-refractivity contribution in [3.8, 4) is 17.6 Å². The van der Waals surface area contributed by atoms with Crippen LogP contribution in [0.4, 0.5) is 5.69 Å². The van der Waals surface area contributed by atoms with Crippen LogP contribution in [0.25, 0.3) is 0 Å². The molecule has 4 aliphatic carbocycles. The standard InChI is InChI=1S/C31H38N4O7/c1-34(2)19-14-15(8-11-30(33)9-6-5-7-10-30)24(36)21-17(19)12-16-13-18-23(35(3)4)26(38)22(29(32)41)28(40)31(18,42)27(39)20(16)25(21)37/h14,16,18,20,22-23,36,42H,5-7,9-10,12-13,33H2,1-4H3,(H2,32,41)/t16-,18-,20?,22?,23-,31-/m1/s1. The van der Waals surface area contributed by atoms with Crippen LogP contribution in [0.3, 0.4) is 0 Å².